The summed E-state index contributed by atoms with van der Waals surface area (Å²) < 4.78 is 11.8. The van der Waals surface area contributed by atoms with E-state index in [4.69, 9.17) is 9.15 Å². The highest BCUT2D eigenvalue weighted by Crippen LogP contribution is 2.21. The number of carbonyl (C=O) groups excluding carboxylic acids is 1. The molecule has 1 amide bonds. The average Bonchev–Trinajstić information content (AvgIpc) is 3.14. The van der Waals surface area contributed by atoms with Crippen LogP contribution in [-0.4, -0.2) is 29.0 Å². The number of aryl methyl sites for hydroxylation is 3. The Balaban J connectivity index is 1.42. The molecule has 0 aliphatic heterocycles. The van der Waals surface area contributed by atoms with E-state index in [1.807, 2.05) is 37.3 Å². The highest BCUT2D eigenvalue weighted by atomic mass is 79.9. The van der Waals surface area contributed by atoms with Crippen LogP contribution >= 0.6 is 27.7 Å². The van der Waals surface area contributed by atoms with E-state index in [1.165, 1.54) is 17.3 Å². The molecule has 2 aromatic carbocycles. The minimum Gasteiger partial charge on any atom is -0.496 e. The number of ether oxygens (including phenoxy) is 1. The summed E-state index contributed by atoms with van der Waals surface area (Å²) in [4.78, 5) is 12.1. The van der Waals surface area contributed by atoms with Gasteiger partial charge in [0.05, 0.1) is 12.9 Å². The van der Waals surface area contributed by atoms with Gasteiger partial charge in [-0.1, -0.05) is 45.9 Å². The van der Waals surface area contributed by atoms with Crippen molar-refractivity contribution in [2.45, 2.75) is 31.4 Å². The minimum absolute atomic E-state index is 0.122. The normalized spacial score (nSPS) is 10.7. The number of anilines is 1. The van der Waals surface area contributed by atoms with Crippen LogP contribution in [0, 0.1) is 6.92 Å². The van der Waals surface area contributed by atoms with Crippen molar-refractivity contribution in [2.75, 3.05) is 18.2 Å². The Morgan fingerprint density at radius 3 is 2.83 bits per heavy atom. The monoisotopic (exact) mass is 475 g/mol. The fourth-order valence-corrected chi connectivity index (χ4v) is 3.81. The van der Waals surface area contributed by atoms with E-state index in [9.17, 15) is 4.79 Å². The van der Waals surface area contributed by atoms with E-state index in [2.05, 4.69) is 43.6 Å². The summed E-state index contributed by atoms with van der Waals surface area (Å²) >= 11 is 4.61. The van der Waals surface area contributed by atoms with Gasteiger partial charge in [-0.05, 0) is 55.2 Å². The fourth-order valence-electron chi connectivity index (χ4n) is 2.83. The molecule has 0 aliphatic rings. The topological polar surface area (TPSA) is 77.2 Å². The maximum absolute atomic E-state index is 12.1. The molecule has 29 heavy (non-hydrogen) atoms. The third-order valence-electron chi connectivity index (χ3n) is 4.20. The van der Waals surface area contributed by atoms with Gasteiger partial charge in [0.25, 0.3) is 5.22 Å². The van der Waals surface area contributed by atoms with Gasteiger partial charge in [-0.3, -0.25) is 4.79 Å². The zero-order valence-corrected chi connectivity index (χ0v) is 18.7. The lowest BCUT2D eigenvalue weighted by atomic mass is 10.1. The molecule has 0 saturated heterocycles. The van der Waals surface area contributed by atoms with Gasteiger partial charge in [-0.25, -0.2) is 0 Å². The number of rotatable bonds is 9. The number of amides is 1. The van der Waals surface area contributed by atoms with Crippen LogP contribution in [0.4, 0.5) is 5.69 Å². The van der Waals surface area contributed by atoms with Crippen LogP contribution in [0.25, 0.3) is 0 Å². The van der Waals surface area contributed by atoms with Crippen LogP contribution < -0.4 is 10.1 Å². The Hall–Kier alpha value is -2.32. The predicted molar refractivity (Wildman–Crippen MR) is 118 cm³/mol. The van der Waals surface area contributed by atoms with E-state index in [-0.39, 0.29) is 11.7 Å². The second-order valence-electron chi connectivity index (χ2n) is 6.47. The van der Waals surface area contributed by atoms with Gasteiger partial charge in [0.1, 0.15) is 5.75 Å². The number of nitrogens with zero attached hydrogens (tertiary/aromatic N) is 2. The highest BCUT2D eigenvalue weighted by Gasteiger charge is 2.10. The lowest BCUT2D eigenvalue weighted by Gasteiger charge is -2.06. The quantitative estimate of drug-likeness (QED) is 0.436. The summed E-state index contributed by atoms with van der Waals surface area (Å²) in [5, 5.41) is 11.3. The van der Waals surface area contributed by atoms with Crippen molar-refractivity contribution in [2.24, 2.45) is 0 Å². The molecule has 8 heteroatoms. The van der Waals surface area contributed by atoms with Gasteiger partial charge in [0.2, 0.25) is 11.8 Å². The van der Waals surface area contributed by atoms with Gasteiger partial charge in [0, 0.05) is 16.6 Å². The van der Waals surface area contributed by atoms with Crippen molar-refractivity contribution in [3.63, 3.8) is 0 Å². The smallest absolute Gasteiger partial charge is 0.277 e. The number of nitrogens with one attached hydrogen (secondary N) is 1. The number of methoxy groups -OCH3 is 1. The van der Waals surface area contributed by atoms with Crippen LogP contribution in [0.2, 0.25) is 0 Å². The first-order chi connectivity index (χ1) is 14.0. The van der Waals surface area contributed by atoms with Crippen molar-refractivity contribution < 1.29 is 13.9 Å². The first kappa shape index (κ1) is 21.4. The van der Waals surface area contributed by atoms with Crippen molar-refractivity contribution in [1.29, 1.82) is 0 Å². The molecule has 0 atom stereocenters. The van der Waals surface area contributed by atoms with Gasteiger partial charge in [-0.2, -0.15) is 0 Å². The first-order valence-corrected chi connectivity index (χ1v) is 11.0. The maximum Gasteiger partial charge on any atom is 0.277 e. The summed E-state index contributed by atoms with van der Waals surface area (Å²) in [6.45, 7) is 2.04. The molecule has 3 rings (SSSR count). The lowest BCUT2D eigenvalue weighted by molar-refractivity contribution is -0.113. The van der Waals surface area contributed by atoms with E-state index in [1.54, 1.807) is 7.11 Å². The van der Waals surface area contributed by atoms with Gasteiger partial charge < -0.3 is 14.5 Å². The SMILES string of the molecule is COc1ccc(CCCc2nnc(SCC(=O)Nc3cccc(Br)c3)o2)cc1C. The van der Waals surface area contributed by atoms with Crippen LogP contribution in [0.3, 0.4) is 0 Å². The summed E-state index contributed by atoms with van der Waals surface area (Å²) in [6.07, 6.45) is 2.52. The van der Waals surface area contributed by atoms with E-state index < -0.39 is 0 Å². The zero-order valence-electron chi connectivity index (χ0n) is 16.3. The molecular weight excluding hydrogens is 454 g/mol. The van der Waals surface area contributed by atoms with Gasteiger partial charge in [0.15, 0.2) is 0 Å². The number of halogens is 1. The predicted octanol–water partition coefficient (Wildman–Crippen LogP) is 5.06. The Labute approximate surface area is 182 Å². The zero-order chi connectivity index (χ0) is 20.6. The summed E-state index contributed by atoms with van der Waals surface area (Å²) in [5.74, 6) is 1.57. The van der Waals surface area contributed by atoms with E-state index >= 15 is 0 Å². The average molecular weight is 476 g/mol. The molecule has 0 unspecified atom stereocenters. The maximum atomic E-state index is 12.1. The van der Waals surface area contributed by atoms with Gasteiger partial charge in [-0.15, -0.1) is 10.2 Å². The lowest BCUT2D eigenvalue weighted by Crippen LogP contribution is -2.13. The molecule has 1 heterocycles. The van der Waals surface area contributed by atoms with Crippen molar-refractivity contribution in [1.82, 2.24) is 10.2 Å². The second kappa shape index (κ2) is 10.5. The Morgan fingerprint density at radius 2 is 2.07 bits per heavy atom. The molecule has 3 aromatic rings. The fraction of sp³-hybridized carbons (Fsp3) is 0.286. The largest absolute Gasteiger partial charge is 0.496 e. The third-order valence-corrected chi connectivity index (χ3v) is 5.51. The Bertz CT molecular complexity index is 977. The molecular formula is C21H22BrN3O3S. The molecule has 1 N–H and O–H groups in total. The number of hydrogen-bond donors (Lipinski definition) is 1. The van der Waals surface area contributed by atoms with E-state index in [0.29, 0.717) is 17.5 Å². The third kappa shape index (κ3) is 6.61. The molecule has 6 nitrogen and oxygen atoms in total. The summed E-state index contributed by atoms with van der Waals surface area (Å²) in [5.41, 5.74) is 3.12. The number of benzene rings is 2. The summed E-state index contributed by atoms with van der Waals surface area (Å²) in [6, 6.07) is 13.7. The van der Waals surface area contributed by atoms with Crippen LogP contribution in [0.15, 0.2) is 56.6 Å². The molecule has 1 aromatic heterocycles. The van der Waals surface area contributed by atoms with Gasteiger partial charge >= 0.3 is 0 Å². The molecule has 152 valence electrons. The van der Waals surface area contributed by atoms with Crippen LogP contribution in [0.5, 0.6) is 5.75 Å². The number of thioether (sulfide) groups is 1. The minimum atomic E-state index is -0.122. The standard InChI is InChI=1S/C21H22BrN3O3S/c1-14-11-15(9-10-18(14)27-2)5-3-8-20-24-25-21(28-20)29-13-19(26)23-17-7-4-6-16(22)12-17/h4,6-7,9-12H,3,5,8,13H2,1-2H3,(H,23,26). The molecule has 0 aliphatic carbocycles. The highest BCUT2D eigenvalue weighted by molar-refractivity contribution is 9.10. The number of aromatic nitrogens is 2. The van der Waals surface area contributed by atoms with Crippen LogP contribution in [0.1, 0.15) is 23.4 Å². The molecule has 0 fully saturated rings. The summed E-state index contributed by atoms with van der Waals surface area (Å²) in [7, 11) is 1.68. The van der Waals surface area contributed by atoms with Crippen molar-refractivity contribution in [3.05, 3.63) is 64.0 Å². The van der Waals surface area contributed by atoms with E-state index in [0.717, 1.165) is 34.3 Å². The van der Waals surface area contributed by atoms with Crippen LogP contribution in [-0.2, 0) is 17.6 Å². The molecule has 0 saturated carbocycles. The van der Waals surface area contributed by atoms with Crippen molar-refractivity contribution >= 4 is 39.3 Å². The Morgan fingerprint density at radius 1 is 1.21 bits per heavy atom. The second-order valence-corrected chi connectivity index (χ2v) is 8.31. The first-order valence-electron chi connectivity index (χ1n) is 9.17. The Kier molecular flexibility index (Phi) is 7.71. The molecule has 0 spiro atoms. The van der Waals surface area contributed by atoms with Crippen molar-refractivity contribution in [3.8, 4) is 5.75 Å². The molecule has 0 radical (unpaired) electrons. The number of hydrogen-bond acceptors (Lipinski definition) is 6. The molecule has 0 bridgehead atoms. The number of carbonyl (C=O) groups is 1.